The molecule has 100 valence electrons. The van der Waals surface area contributed by atoms with Crippen molar-refractivity contribution in [3.63, 3.8) is 0 Å². The lowest BCUT2D eigenvalue weighted by molar-refractivity contribution is 0.0650. The molecule has 0 aromatic heterocycles. The van der Waals surface area contributed by atoms with Crippen LogP contribution < -0.4 is 0 Å². The molecular weight excluding hydrogens is 228 g/mol. The summed E-state index contributed by atoms with van der Waals surface area (Å²) in [4.78, 5) is 5.37. The molecule has 1 saturated carbocycles. The Bertz CT molecular complexity index is 216. The molecule has 0 aromatic rings. The highest BCUT2D eigenvalue weighted by Crippen LogP contribution is 2.30. The molecule has 3 heteroatoms. The Morgan fingerprint density at radius 2 is 1.53 bits per heavy atom. The number of piperazine rings is 1. The molecule has 1 aliphatic heterocycles. The van der Waals surface area contributed by atoms with Crippen molar-refractivity contribution in [2.75, 3.05) is 32.4 Å². The molecule has 1 saturated heterocycles. The number of nitrogens with zero attached hydrogens (tertiary/aromatic N) is 2. The average molecular weight is 256 g/mol. The second-order valence-electron chi connectivity index (χ2n) is 5.83. The maximum absolute atomic E-state index is 2.76. The van der Waals surface area contributed by atoms with Gasteiger partial charge < -0.3 is 0 Å². The van der Waals surface area contributed by atoms with Gasteiger partial charge in [0.15, 0.2) is 0 Å². The first-order chi connectivity index (χ1) is 8.20. The summed E-state index contributed by atoms with van der Waals surface area (Å²) in [5.41, 5.74) is 0. The van der Waals surface area contributed by atoms with E-state index in [9.17, 15) is 0 Å². The Labute approximate surface area is 111 Å². The topological polar surface area (TPSA) is 6.48 Å². The molecule has 0 radical (unpaired) electrons. The van der Waals surface area contributed by atoms with Gasteiger partial charge >= 0.3 is 0 Å². The normalized spacial score (nSPS) is 33.2. The smallest absolute Gasteiger partial charge is 0.0113 e. The first-order valence-electron chi connectivity index (χ1n) is 7.21. The summed E-state index contributed by atoms with van der Waals surface area (Å²) in [6.07, 6.45) is 8.03. The Morgan fingerprint density at radius 1 is 0.941 bits per heavy atom. The number of thioether (sulfide) groups is 1. The zero-order chi connectivity index (χ0) is 12.3. The molecule has 17 heavy (non-hydrogen) atoms. The van der Waals surface area contributed by atoms with Crippen LogP contribution in [0.15, 0.2) is 0 Å². The summed E-state index contributed by atoms with van der Waals surface area (Å²) < 4.78 is 0. The summed E-state index contributed by atoms with van der Waals surface area (Å²) in [7, 11) is 0. The van der Waals surface area contributed by atoms with Crippen molar-refractivity contribution >= 4 is 11.8 Å². The van der Waals surface area contributed by atoms with Crippen LogP contribution in [0.25, 0.3) is 0 Å². The van der Waals surface area contributed by atoms with Crippen molar-refractivity contribution in [3.8, 4) is 0 Å². The fourth-order valence-electron chi connectivity index (χ4n) is 3.27. The standard InChI is InChI=1S/C14H28N2S/c1-12(2)15-8-10-16(11-9-15)13-4-6-14(17-3)7-5-13/h12-14H,4-11H2,1-3H3/t13-,14-. The molecular formula is C14H28N2S. The highest BCUT2D eigenvalue weighted by Gasteiger charge is 2.28. The molecule has 0 bridgehead atoms. The van der Waals surface area contributed by atoms with E-state index in [1.54, 1.807) is 0 Å². The largest absolute Gasteiger partial charge is 0.298 e. The van der Waals surface area contributed by atoms with Gasteiger partial charge in [-0.05, 0) is 45.8 Å². The second-order valence-corrected chi connectivity index (χ2v) is 6.97. The highest BCUT2D eigenvalue weighted by atomic mass is 32.2. The maximum Gasteiger partial charge on any atom is 0.0113 e. The van der Waals surface area contributed by atoms with Crippen LogP contribution in [-0.2, 0) is 0 Å². The Hall–Kier alpha value is 0.270. The third kappa shape index (κ3) is 3.62. The number of hydrogen-bond donors (Lipinski definition) is 0. The Morgan fingerprint density at radius 3 is 2.00 bits per heavy atom. The van der Waals surface area contributed by atoms with Crippen molar-refractivity contribution in [1.82, 2.24) is 9.80 Å². The molecule has 1 heterocycles. The molecule has 0 unspecified atom stereocenters. The first kappa shape index (κ1) is 13.7. The van der Waals surface area contributed by atoms with Crippen molar-refractivity contribution in [2.45, 2.75) is 56.9 Å². The zero-order valence-electron chi connectivity index (χ0n) is 11.7. The van der Waals surface area contributed by atoms with Crippen LogP contribution in [0.4, 0.5) is 0 Å². The fraction of sp³-hybridized carbons (Fsp3) is 1.00. The fourth-order valence-corrected chi connectivity index (χ4v) is 4.01. The lowest BCUT2D eigenvalue weighted by Gasteiger charge is -2.43. The summed E-state index contributed by atoms with van der Waals surface area (Å²) >= 11 is 2.07. The van der Waals surface area contributed by atoms with Crippen molar-refractivity contribution in [1.29, 1.82) is 0 Å². The van der Waals surface area contributed by atoms with Gasteiger partial charge in [-0.3, -0.25) is 9.80 Å². The number of rotatable bonds is 3. The average Bonchev–Trinajstić information content (AvgIpc) is 2.39. The van der Waals surface area contributed by atoms with Gasteiger partial charge in [0.2, 0.25) is 0 Å². The quantitative estimate of drug-likeness (QED) is 0.766. The summed E-state index contributed by atoms with van der Waals surface area (Å²) in [6.45, 7) is 9.79. The van der Waals surface area contributed by atoms with Crippen LogP contribution in [0.1, 0.15) is 39.5 Å². The highest BCUT2D eigenvalue weighted by molar-refractivity contribution is 7.99. The lowest BCUT2D eigenvalue weighted by atomic mass is 9.93. The minimum absolute atomic E-state index is 0.726. The first-order valence-corrected chi connectivity index (χ1v) is 8.50. The molecule has 0 atom stereocenters. The molecule has 0 N–H and O–H groups in total. The predicted molar refractivity (Wildman–Crippen MR) is 77.8 cm³/mol. The molecule has 2 nitrogen and oxygen atoms in total. The summed E-state index contributed by atoms with van der Waals surface area (Å²) in [5, 5.41) is 0.947. The Balaban J connectivity index is 1.74. The van der Waals surface area contributed by atoms with Crippen molar-refractivity contribution < 1.29 is 0 Å². The van der Waals surface area contributed by atoms with E-state index in [4.69, 9.17) is 0 Å². The van der Waals surface area contributed by atoms with Gasteiger partial charge in [0, 0.05) is 43.5 Å². The molecule has 2 fully saturated rings. The molecule has 2 rings (SSSR count). The molecule has 2 aliphatic rings. The van der Waals surface area contributed by atoms with E-state index in [1.165, 1.54) is 51.9 Å². The van der Waals surface area contributed by atoms with Gasteiger partial charge in [-0.15, -0.1) is 0 Å². The minimum Gasteiger partial charge on any atom is -0.298 e. The van der Waals surface area contributed by atoms with Crippen molar-refractivity contribution in [3.05, 3.63) is 0 Å². The van der Waals surface area contributed by atoms with Crippen LogP contribution in [0.5, 0.6) is 0 Å². The molecule has 0 aromatic carbocycles. The van der Waals surface area contributed by atoms with E-state index in [-0.39, 0.29) is 0 Å². The van der Waals surface area contributed by atoms with Gasteiger partial charge in [-0.1, -0.05) is 0 Å². The van der Waals surface area contributed by atoms with E-state index in [0.29, 0.717) is 0 Å². The van der Waals surface area contributed by atoms with Crippen LogP contribution in [0.3, 0.4) is 0 Å². The minimum atomic E-state index is 0.726. The molecule has 0 amide bonds. The maximum atomic E-state index is 2.76. The Kier molecular flexibility index (Phi) is 5.19. The second kappa shape index (κ2) is 6.44. The summed E-state index contributed by atoms with van der Waals surface area (Å²) in [6, 6.07) is 1.62. The van der Waals surface area contributed by atoms with Gasteiger partial charge in [0.25, 0.3) is 0 Å². The van der Waals surface area contributed by atoms with E-state index >= 15 is 0 Å². The van der Waals surface area contributed by atoms with Gasteiger partial charge in [-0.2, -0.15) is 11.8 Å². The zero-order valence-corrected chi connectivity index (χ0v) is 12.5. The molecule has 1 aliphatic carbocycles. The van der Waals surface area contributed by atoms with E-state index in [1.807, 2.05) is 0 Å². The predicted octanol–water partition coefficient (Wildman–Crippen LogP) is 2.69. The van der Waals surface area contributed by atoms with E-state index < -0.39 is 0 Å². The third-order valence-electron chi connectivity index (χ3n) is 4.57. The van der Waals surface area contributed by atoms with Gasteiger partial charge in [0.05, 0.1) is 0 Å². The third-order valence-corrected chi connectivity index (χ3v) is 5.71. The van der Waals surface area contributed by atoms with Crippen LogP contribution in [0, 0.1) is 0 Å². The van der Waals surface area contributed by atoms with Crippen LogP contribution in [0.2, 0.25) is 0 Å². The van der Waals surface area contributed by atoms with Gasteiger partial charge in [0.1, 0.15) is 0 Å². The number of hydrogen-bond acceptors (Lipinski definition) is 3. The SMILES string of the molecule is CS[C@H]1CC[C@H](N2CCN(C(C)C)CC2)CC1. The van der Waals surface area contributed by atoms with Crippen molar-refractivity contribution in [2.24, 2.45) is 0 Å². The molecule has 0 spiro atoms. The van der Waals surface area contributed by atoms with Gasteiger partial charge in [-0.25, -0.2) is 0 Å². The summed E-state index contributed by atoms with van der Waals surface area (Å²) in [5.74, 6) is 0. The van der Waals surface area contributed by atoms with Crippen LogP contribution >= 0.6 is 11.8 Å². The lowest BCUT2D eigenvalue weighted by Crippen LogP contribution is -2.52. The van der Waals surface area contributed by atoms with E-state index in [2.05, 4.69) is 41.7 Å². The monoisotopic (exact) mass is 256 g/mol. The van der Waals surface area contributed by atoms with E-state index in [0.717, 1.165) is 17.3 Å². The van der Waals surface area contributed by atoms with Crippen LogP contribution in [-0.4, -0.2) is 59.6 Å².